The van der Waals surface area contributed by atoms with Crippen molar-refractivity contribution in [1.82, 2.24) is 10.2 Å². The SMILES string of the molecule is CC(C)N(C)CC(=O)NCc1ccc(N2CCC[C@@H](C(N)=O)C2)cc1. The third kappa shape index (κ3) is 5.74. The third-order valence-electron chi connectivity index (χ3n) is 4.89. The van der Waals surface area contributed by atoms with Gasteiger partial charge in [0.05, 0.1) is 12.5 Å². The molecule has 0 saturated carbocycles. The van der Waals surface area contributed by atoms with Gasteiger partial charge in [0.15, 0.2) is 0 Å². The van der Waals surface area contributed by atoms with Gasteiger partial charge in [0.25, 0.3) is 0 Å². The molecule has 138 valence electrons. The molecule has 3 N–H and O–H groups in total. The summed E-state index contributed by atoms with van der Waals surface area (Å²) in [6, 6.07) is 8.49. The van der Waals surface area contributed by atoms with Gasteiger partial charge in [-0.3, -0.25) is 14.5 Å². The van der Waals surface area contributed by atoms with Gasteiger partial charge in [-0.1, -0.05) is 12.1 Å². The number of anilines is 1. The topological polar surface area (TPSA) is 78.7 Å². The van der Waals surface area contributed by atoms with Crippen molar-refractivity contribution >= 4 is 17.5 Å². The lowest BCUT2D eigenvalue weighted by molar-refractivity contribution is -0.123. The lowest BCUT2D eigenvalue weighted by Gasteiger charge is -2.33. The fourth-order valence-corrected chi connectivity index (χ4v) is 2.93. The van der Waals surface area contributed by atoms with E-state index in [4.69, 9.17) is 5.73 Å². The highest BCUT2D eigenvalue weighted by molar-refractivity contribution is 5.78. The van der Waals surface area contributed by atoms with Crippen molar-refractivity contribution in [2.24, 2.45) is 11.7 Å². The smallest absolute Gasteiger partial charge is 0.234 e. The van der Waals surface area contributed by atoms with E-state index in [1.807, 2.05) is 36.2 Å². The van der Waals surface area contributed by atoms with Crippen LogP contribution in [-0.2, 0) is 16.1 Å². The van der Waals surface area contributed by atoms with Crippen LogP contribution in [-0.4, -0.2) is 49.4 Å². The van der Waals surface area contributed by atoms with Crippen LogP contribution < -0.4 is 16.0 Å². The van der Waals surface area contributed by atoms with Gasteiger partial charge in [-0.25, -0.2) is 0 Å². The number of hydrogen-bond donors (Lipinski definition) is 2. The summed E-state index contributed by atoms with van der Waals surface area (Å²) in [4.78, 5) is 27.6. The van der Waals surface area contributed by atoms with Crippen LogP contribution in [0.25, 0.3) is 0 Å². The van der Waals surface area contributed by atoms with E-state index in [0.717, 1.165) is 30.6 Å². The van der Waals surface area contributed by atoms with Crippen LogP contribution in [0.1, 0.15) is 32.3 Å². The maximum absolute atomic E-state index is 11.9. The molecule has 1 aromatic rings. The summed E-state index contributed by atoms with van der Waals surface area (Å²) in [6.07, 6.45) is 1.86. The first-order chi connectivity index (χ1) is 11.9. The minimum Gasteiger partial charge on any atom is -0.371 e. The van der Waals surface area contributed by atoms with E-state index in [0.29, 0.717) is 25.7 Å². The largest absolute Gasteiger partial charge is 0.371 e. The van der Waals surface area contributed by atoms with Gasteiger partial charge >= 0.3 is 0 Å². The normalized spacial score (nSPS) is 17.8. The first kappa shape index (κ1) is 19.2. The number of carbonyl (C=O) groups excluding carboxylic acids is 2. The summed E-state index contributed by atoms with van der Waals surface area (Å²) >= 11 is 0. The van der Waals surface area contributed by atoms with Crippen LogP contribution in [0.4, 0.5) is 5.69 Å². The van der Waals surface area contributed by atoms with Crippen molar-refractivity contribution in [2.45, 2.75) is 39.3 Å². The number of nitrogens with zero attached hydrogens (tertiary/aromatic N) is 2. The van der Waals surface area contributed by atoms with Crippen molar-refractivity contribution < 1.29 is 9.59 Å². The fourth-order valence-electron chi connectivity index (χ4n) is 2.93. The van der Waals surface area contributed by atoms with Gasteiger partial charge in [-0.05, 0) is 51.4 Å². The van der Waals surface area contributed by atoms with E-state index < -0.39 is 0 Å². The quantitative estimate of drug-likeness (QED) is 0.781. The van der Waals surface area contributed by atoms with E-state index >= 15 is 0 Å². The second-order valence-electron chi connectivity index (χ2n) is 7.14. The van der Waals surface area contributed by atoms with Crippen molar-refractivity contribution in [3.8, 4) is 0 Å². The summed E-state index contributed by atoms with van der Waals surface area (Å²) < 4.78 is 0. The molecule has 1 saturated heterocycles. The van der Waals surface area contributed by atoms with Crippen LogP contribution >= 0.6 is 0 Å². The minimum atomic E-state index is -0.213. The average molecular weight is 346 g/mol. The molecule has 6 nitrogen and oxygen atoms in total. The average Bonchev–Trinajstić information content (AvgIpc) is 2.60. The highest BCUT2D eigenvalue weighted by atomic mass is 16.2. The number of amides is 2. The van der Waals surface area contributed by atoms with Gasteiger partial charge in [-0.2, -0.15) is 0 Å². The molecule has 0 aliphatic carbocycles. The molecule has 0 unspecified atom stereocenters. The van der Waals surface area contributed by atoms with E-state index in [9.17, 15) is 9.59 Å². The van der Waals surface area contributed by atoms with E-state index in [1.54, 1.807) is 0 Å². The highest BCUT2D eigenvalue weighted by Crippen LogP contribution is 2.23. The summed E-state index contributed by atoms with van der Waals surface area (Å²) in [6.45, 7) is 6.69. The van der Waals surface area contributed by atoms with Gasteiger partial charge < -0.3 is 16.0 Å². The Morgan fingerprint density at radius 3 is 2.60 bits per heavy atom. The zero-order valence-electron chi connectivity index (χ0n) is 15.5. The number of primary amides is 1. The van der Waals surface area contributed by atoms with Gasteiger partial charge in [0.1, 0.15) is 0 Å². The summed E-state index contributed by atoms with van der Waals surface area (Å²) in [5.41, 5.74) is 7.60. The van der Waals surface area contributed by atoms with Crippen molar-refractivity contribution in [3.05, 3.63) is 29.8 Å². The van der Waals surface area contributed by atoms with Gasteiger partial charge in [-0.15, -0.1) is 0 Å². The van der Waals surface area contributed by atoms with Crippen LogP contribution in [0.2, 0.25) is 0 Å². The molecule has 1 aliphatic heterocycles. The molecule has 25 heavy (non-hydrogen) atoms. The Kier molecular flexibility index (Phi) is 6.82. The Labute approximate surface area is 150 Å². The Hall–Kier alpha value is -2.08. The predicted molar refractivity (Wildman–Crippen MR) is 100 cm³/mol. The number of nitrogens with one attached hydrogen (secondary N) is 1. The van der Waals surface area contributed by atoms with Crippen LogP contribution in [0.3, 0.4) is 0 Å². The molecule has 1 aliphatic rings. The fraction of sp³-hybridized carbons (Fsp3) is 0.579. The minimum absolute atomic E-state index is 0.0283. The molecule has 1 fully saturated rings. The second kappa shape index (κ2) is 8.85. The van der Waals surface area contributed by atoms with E-state index in [2.05, 4.69) is 24.1 Å². The Bertz CT molecular complexity index is 586. The predicted octanol–water partition coefficient (Wildman–Crippen LogP) is 1.34. The first-order valence-corrected chi connectivity index (χ1v) is 8.97. The summed E-state index contributed by atoms with van der Waals surface area (Å²) in [5.74, 6) is -0.248. The number of piperidine rings is 1. The molecule has 0 spiro atoms. The lowest BCUT2D eigenvalue weighted by Crippen LogP contribution is -2.41. The standard InChI is InChI=1S/C19H30N4O2/c1-14(2)22(3)13-18(24)21-11-15-6-8-17(9-7-15)23-10-4-5-16(12-23)19(20)25/h6-9,14,16H,4-5,10-13H2,1-3H3,(H2,20,25)(H,21,24)/t16-/m1/s1. The molecule has 1 heterocycles. The van der Waals surface area contributed by atoms with E-state index in [1.165, 1.54) is 0 Å². The number of carbonyl (C=O) groups is 2. The molecule has 1 aromatic carbocycles. The second-order valence-corrected chi connectivity index (χ2v) is 7.14. The molecule has 0 aromatic heterocycles. The number of rotatable bonds is 7. The summed E-state index contributed by atoms with van der Waals surface area (Å²) in [7, 11) is 1.94. The number of benzene rings is 1. The van der Waals surface area contributed by atoms with Crippen molar-refractivity contribution in [1.29, 1.82) is 0 Å². The maximum Gasteiger partial charge on any atom is 0.234 e. The summed E-state index contributed by atoms with van der Waals surface area (Å²) in [5, 5.41) is 2.95. The molecular formula is C19H30N4O2. The van der Waals surface area contributed by atoms with Gasteiger partial charge in [0.2, 0.25) is 11.8 Å². The number of likely N-dealkylation sites (N-methyl/N-ethyl adjacent to an activating group) is 1. The first-order valence-electron chi connectivity index (χ1n) is 8.97. The third-order valence-corrected chi connectivity index (χ3v) is 4.89. The van der Waals surface area contributed by atoms with Crippen LogP contribution in [0.15, 0.2) is 24.3 Å². The van der Waals surface area contributed by atoms with Crippen LogP contribution in [0.5, 0.6) is 0 Å². The monoisotopic (exact) mass is 346 g/mol. The Balaban J connectivity index is 1.85. The maximum atomic E-state index is 11.9. The van der Waals surface area contributed by atoms with Gasteiger partial charge in [0, 0.05) is 31.4 Å². The zero-order valence-corrected chi connectivity index (χ0v) is 15.5. The number of nitrogens with two attached hydrogens (primary N) is 1. The molecule has 2 rings (SSSR count). The Morgan fingerprint density at radius 2 is 2.00 bits per heavy atom. The lowest BCUT2D eigenvalue weighted by atomic mass is 9.97. The molecule has 0 radical (unpaired) electrons. The highest BCUT2D eigenvalue weighted by Gasteiger charge is 2.24. The molecule has 6 heteroatoms. The Morgan fingerprint density at radius 1 is 1.32 bits per heavy atom. The number of hydrogen-bond acceptors (Lipinski definition) is 4. The van der Waals surface area contributed by atoms with Crippen molar-refractivity contribution in [2.75, 3.05) is 31.6 Å². The zero-order chi connectivity index (χ0) is 18.4. The molecule has 0 bridgehead atoms. The van der Waals surface area contributed by atoms with Crippen LogP contribution in [0, 0.1) is 5.92 Å². The van der Waals surface area contributed by atoms with Crippen molar-refractivity contribution in [3.63, 3.8) is 0 Å². The molecule has 2 amide bonds. The molecule has 1 atom stereocenters. The van der Waals surface area contributed by atoms with E-state index in [-0.39, 0.29) is 17.7 Å². The molecular weight excluding hydrogens is 316 g/mol.